The largest absolute Gasteiger partial charge is 0.508 e. The molecule has 2 aliphatic rings. The maximum absolute atomic E-state index is 9.59. The summed E-state index contributed by atoms with van der Waals surface area (Å²) >= 11 is 0. The maximum Gasteiger partial charge on any atom is 0.117 e. The molecule has 0 saturated carbocycles. The summed E-state index contributed by atoms with van der Waals surface area (Å²) in [7, 11) is 0. The average Bonchev–Trinajstić information content (AvgIpc) is 3.02. The van der Waals surface area contributed by atoms with Crippen molar-refractivity contribution in [1.82, 2.24) is 9.80 Å². The zero-order valence-corrected chi connectivity index (χ0v) is 13.0. The summed E-state index contributed by atoms with van der Waals surface area (Å²) in [6.45, 7) is 10.5. The SMILES string of the molecule is CC(CN1CCN(c2cccc(O)c2)CC1)N1CCCC1. The number of likely N-dealkylation sites (tertiary alicyclic amines) is 1. The van der Waals surface area contributed by atoms with Crippen LogP contribution in [0, 0.1) is 0 Å². The molecule has 0 spiro atoms. The molecule has 1 unspecified atom stereocenters. The van der Waals surface area contributed by atoms with Gasteiger partial charge in [0.2, 0.25) is 0 Å². The van der Waals surface area contributed by atoms with Crippen LogP contribution < -0.4 is 4.90 Å². The van der Waals surface area contributed by atoms with Crippen molar-refractivity contribution in [3.8, 4) is 5.75 Å². The molecule has 0 aromatic heterocycles. The Labute approximate surface area is 128 Å². The molecule has 1 atom stereocenters. The van der Waals surface area contributed by atoms with Gasteiger partial charge in [0, 0.05) is 50.5 Å². The Kier molecular flexibility index (Phi) is 4.66. The van der Waals surface area contributed by atoms with Crippen LogP contribution in [0.1, 0.15) is 19.8 Å². The van der Waals surface area contributed by atoms with E-state index in [0.717, 1.165) is 31.9 Å². The van der Waals surface area contributed by atoms with Crippen molar-refractivity contribution in [3.63, 3.8) is 0 Å². The molecule has 0 bridgehead atoms. The van der Waals surface area contributed by atoms with Crippen LogP contribution in [0.4, 0.5) is 5.69 Å². The van der Waals surface area contributed by atoms with Gasteiger partial charge >= 0.3 is 0 Å². The fourth-order valence-electron chi connectivity index (χ4n) is 3.55. The highest BCUT2D eigenvalue weighted by molar-refractivity contribution is 5.50. The maximum atomic E-state index is 9.59. The highest BCUT2D eigenvalue weighted by Gasteiger charge is 2.23. The average molecular weight is 289 g/mol. The molecule has 2 aliphatic heterocycles. The van der Waals surface area contributed by atoms with Crippen molar-refractivity contribution in [2.24, 2.45) is 0 Å². The van der Waals surface area contributed by atoms with E-state index in [9.17, 15) is 5.11 Å². The quantitative estimate of drug-likeness (QED) is 0.918. The third kappa shape index (κ3) is 3.69. The van der Waals surface area contributed by atoms with Crippen molar-refractivity contribution in [3.05, 3.63) is 24.3 Å². The van der Waals surface area contributed by atoms with E-state index in [0.29, 0.717) is 11.8 Å². The Bertz CT molecular complexity index is 451. The van der Waals surface area contributed by atoms with E-state index in [2.05, 4.69) is 27.7 Å². The fraction of sp³-hybridized carbons (Fsp3) is 0.647. The highest BCUT2D eigenvalue weighted by Crippen LogP contribution is 2.21. The van der Waals surface area contributed by atoms with E-state index in [1.807, 2.05) is 12.1 Å². The molecule has 2 heterocycles. The molecule has 2 fully saturated rings. The number of nitrogens with zero attached hydrogens (tertiary/aromatic N) is 3. The Morgan fingerprint density at radius 2 is 1.76 bits per heavy atom. The molecule has 2 saturated heterocycles. The topological polar surface area (TPSA) is 30.0 Å². The molecule has 1 N–H and O–H groups in total. The zero-order valence-electron chi connectivity index (χ0n) is 13.0. The molecule has 0 radical (unpaired) electrons. The van der Waals surface area contributed by atoms with E-state index < -0.39 is 0 Å². The Morgan fingerprint density at radius 3 is 2.43 bits per heavy atom. The Balaban J connectivity index is 1.48. The first-order valence-electron chi connectivity index (χ1n) is 8.23. The third-order valence-electron chi connectivity index (χ3n) is 4.85. The van der Waals surface area contributed by atoms with Crippen LogP contribution in [0.2, 0.25) is 0 Å². The van der Waals surface area contributed by atoms with Crippen molar-refractivity contribution in [1.29, 1.82) is 0 Å². The number of benzene rings is 1. The van der Waals surface area contributed by atoms with Crippen molar-refractivity contribution in [2.75, 3.05) is 50.7 Å². The van der Waals surface area contributed by atoms with Gasteiger partial charge in [0.15, 0.2) is 0 Å². The predicted octanol–water partition coefficient (Wildman–Crippen LogP) is 2.00. The molecule has 4 nitrogen and oxygen atoms in total. The molecule has 1 aromatic carbocycles. The predicted molar refractivity (Wildman–Crippen MR) is 87.0 cm³/mol. The Morgan fingerprint density at radius 1 is 1.05 bits per heavy atom. The Hall–Kier alpha value is -1.26. The van der Waals surface area contributed by atoms with Gasteiger partial charge in [-0.1, -0.05) is 6.07 Å². The van der Waals surface area contributed by atoms with E-state index >= 15 is 0 Å². The second-order valence-electron chi connectivity index (χ2n) is 6.40. The minimum atomic E-state index is 0.359. The first kappa shape index (κ1) is 14.7. The fourth-order valence-corrected chi connectivity index (χ4v) is 3.55. The number of phenolic OH excluding ortho intramolecular Hbond substituents is 1. The van der Waals surface area contributed by atoms with E-state index in [1.165, 1.54) is 32.5 Å². The summed E-state index contributed by atoms with van der Waals surface area (Å²) in [6.07, 6.45) is 2.74. The number of aromatic hydroxyl groups is 1. The standard InChI is InChI=1S/C17H27N3O/c1-15(19-7-2-3-8-19)14-18-9-11-20(12-10-18)16-5-4-6-17(21)13-16/h4-6,13,15,21H,2-3,7-12,14H2,1H3. The first-order chi connectivity index (χ1) is 10.2. The summed E-state index contributed by atoms with van der Waals surface area (Å²) in [6, 6.07) is 8.29. The monoisotopic (exact) mass is 289 g/mol. The van der Waals surface area contributed by atoms with E-state index in [1.54, 1.807) is 6.07 Å². The summed E-state index contributed by atoms with van der Waals surface area (Å²) in [4.78, 5) is 7.58. The number of rotatable bonds is 4. The number of anilines is 1. The van der Waals surface area contributed by atoms with Gasteiger partial charge in [-0.25, -0.2) is 0 Å². The van der Waals surface area contributed by atoms with Gasteiger partial charge in [0.05, 0.1) is 0 Å². The summed E-state index contributed by atoms with van der Waals surface area (Å²) < 4.78 is 0. The van der Waals surface area contributed by atoms with Gasteiger partial charge in [-0.2, -0.15) is 0 Å². The van der Waals surface area contributed by atoms with Gasteiger partial charge in [0.1, 0.15) is 5.75 Å². The minimum Gasteiger partial charge on any atom is -0.508 e. The molecule has 4 heteroatoms. The summed E-state index contributed by atoms with van der Waals surface area (Å²) in [5.74, 6) is 0.359. The lowest BCUT2D eigenvalue weighted by Gasteiger charge is -2.38. The second-order valence-corrected chi connectivity index (χ2v) is 6.40. The van der Waals surface area contributed by atoms with Crippen LogP contribution in [0.25, 0.3) is 0 Å². The number of phenols is 1. The van der Waals surface area contributed by atoms with Crippen LogP contribution in [0.3, 0.4) is 0 Å². The van der Waals surface area contributed by atoms with Crippen LogP contribution >= 0.6 is 0 Å². The lowest BCUT2D eigenvalue weighted by Crippen LogP contribution is -2.50. The molecule has 0 aliphatic carbocycles. The van der Waals surface area contributed by atoms with Gasteiger partial charge in [-0.3, -0.25) is 9.80 Å². The molecule has 21 heavy (non-hydrogen) atoms. The van der Waals surface area contributed by atoms with Gasteiger partial charge in [-0.05, 0) is 45.0 Å². The molecular weight excluding hydrogens is 262 g/mol. The third-order valence-corrected chi connectivity index (χ3v) is 4.85. The molecule has 116 valence electrons. The van der Waals surface area contributed by atoms with E-state index in [4.69, 9.17) is 0 Å². The molecule has 0 amide bonds. The highest BCUT2D eigenvalue weighted by atomic mass is 16.3. The second kappa shape index (κ2) is 6.67. The van der Waals surface area contributed by atoms with Crippen molar-refractivity contribution >= 4 is 5.69 Å². The zero-order chi connectivity index (χ0) is 14.7. The molecule has 1 aromatic rings. The van der Waals surface area contributed by atoms with Gasteiger partial charge < -0.3 is 10.0 Å². The lowest BCUT2D eigenvalue weighted by molar-refractivity contribution is 0.165. The normalized spacial score (nSPS) is 22.6. The number of hydrogen-bond donors (Lipinski definition) is 1. The van der Waals surface area contributed by atoms with Crippen LogP contribution in [-0.2, 0) is 0 Å². The van der Waals surface area contributed by atoms with Crippen molar-refractivity contribution in [2.45, 2.75) is 25.8 Å². The summed E-state index contributed by atoms with van der Waals surface area (Å²) in [5, 5.41) is 9.59. The van der Waals surface area contributed by atoms with Crippen LogP contribution in [0.15, 0.2) is 24.3 Å². The summed E-state index contributed by atoms with van der Waals surface area (Å²) in [5.41, 5.74) is 1.14. The number of hydrogen-bond acceptors (Lipinski definition) is 4. The van der Waals surface area contributed by atoms with Gasteiger partial charge in [0.25, 0.3) is 0 Å². The van der Waals surface area contributed by atoms with E-state index in [-0.39, 0.29) is 0 Å². The van der Waals surface area contributed by atoms with Crippen LogP contribution in [0.5, 0.6) is 5.75 Å². The van der Waals surface area contributed by atoms with Crippen LogP contribution in [-0.4, -0.2) is 66.8 Å². The first-order valence-corrected chi connectivity index (χ1v) is 8.23. The van der Waals surface area contributed by atoms with Crippen molar-refractivity contribution < 1.29 is 5.11 Å². The number of piperazine rings is 1. The van der Waals surface area contributed by atoms with Gasteiger partial charge in [-0.15, -0.1) is 0 Å². The molecular formula is C17H27N3O. The molecule has 3 rings (SSSR count). The lowest BCUT2D eigenvalue weighted by atomic mass is 10.2. The minimum absolute atomic E-state index is 0.359. The smallest absolute Gasteiger partial charge is 0.117 e.